The van der Waals surface area contributed by atoms with E-state index in [1.54, 1.807) is 24.3 Å². The molecule has 0 bridgehead atoms. The van der Waals surface area contributed by atoms with Crippen molar-refractivity contribution in [2.45, 2.75) is 0 Å². The molecule has 0 heterocycles. The predicted octanol–water partition coefficient (Wildman–Crippen LogP) is -0.637. The first-order chi connectivity index (χ1) is 6.38. The van der Waals surface area contributed by atoms with E-state index in [0.29, 0.717) is 11.8 Å². The number of halogens is 1. The van der Waals surface area contributed by atoms with Gasteiger partial charge in [-0.05, 0) is 24.3 Å². The Hall–Kier alpha value is -0.400. The Labute approximate surface area is 102 Å². The minimum Gasteiger partial charge on any atom is -1.00 e. The van der Waals surface area contributed by atoms with Crippen molar-refractivity contribution in [3.05, 3.63) is 29.8 Å². The van der Waals surface area contributed by atoms with Gasteiger partial charge in [-0.2, -0.15) is 0 Å². The third-order valence-corrected chi connectivity index (χ3v) is 3.09. The van der Waals surface area contributed by atoms with Gasteiger partial charge in [0.05, 0.1) is 0 Å². The fraction of sp³-hybridized carbons (Fsp3) is 0.364. The third-order valence-electron chi connectivity index (χ3n) is 1.85. The molecule has 0 saturated heterocycles. The molecule has 4 heteroatoms. The summed E-state index contributed by atoms with van der Waals surface area (Å²) >= 11 is 0. The second kappa shape index (κ2) is 5.62. The monoisotopic (exact) mass is 289 g/mol. The van der Waals surface area contributed by atoms with Crippen LogP contribution in [0.4, 0.5) is 5.69 Å². The van der Waals surface area contributed by atoms with E-state index in [0.717, 1.165) is 5.56 Å². The van der Waals surface area contributed by atoms with Crippen molar-refractivity contribution in [1.82, 2.24) is 0 Å². The van der Waals surface area contributed by atoms with E-state index in [-0.39, 0.29) is 22.8 Å². The number of carbonyl (C=O) groups is 1. The van der Waals surface area contributed by atoms with Gasteiger partial charge in [0.25, 0.3) is 0 Å². The van der Waals surface area contributed by atoms with Crippen LogP contribution < -0.4 is 22.7 Å². The number of anilines is 1. The first-order valence-electron chi connectivity index (χ1n) is 4.58. The molecule has 0 aromatic heterocycles. The Balaban J connectivity index is 0.00000196. The largest absolute Gasteiger partial charge is 1.00 e. The second-order valence-corrected chi connectivity index (χ2v) is 9.39. The minimum atomic E-state index is -1.03. The summed E-state index contributed by atoms with van der Waals surface area (Å²) in [5.74, 6) is 0.228. The molecule has 0 atom stereocenters. The van der Waals surface area contributed by atoms with E-state index in [1.165, 1.54) is 0 Å². The minimum absolute atomic E-state index is 0. The smallest absolute Gasteiger partial charge is 0.199 e. The molecule has 2 nitrogen and oxygen atoms in total. The van der Waals surface area contributed by atoms with Crippen molar-refractivity contribution in [2.75, 3.05) is 31.9 Å². The van der Waals surface area contributed by atoms with Gasteiger partial charge >= 0.3 is 0 Å². The molecule has 0 amide bonds. The number of nitrogen functional groups attached to an aromatic ring is 1. The molecular formula is C11H17BrNOP. The maximum atomic E-state index is 11.8. The molecule has 84 valence electrons. The molecule has 1 rings (SSSR count). The number of nitrogens with two attached hydrogens (primary N) is 1. The van der Waals surface area contributed by atoms with Gasteiger partial charge in [-0.1, -0.05) is 0 Å². The molecule has 0 fully saturated rings. The topological polar surface area (TPSA) is 43.1 Å². The van der Waals surface area contributed by atoms with Crippen LogP contribution in [0.5, 0.6) is 0 Å². The van der Waals surface area contributed by atoms with E-state index in [9.17, 15) is 4.79 Å². The summed E-state index contributed by atoms with van der Waals surface area (Å²) in [6.07, 6.45) is 0.677. The molecule has 0 saturated carbocycles. The Morgan fingerprint density at radius 1 is 1.20 bits per heavy atom. The van der Waals surface area contributed by atoms with Gasteiger partial charge in [0.15, 0.2) is 5.78 Å². The van der Waals surface area contributed by atoms with Gasteiger partial charge in [-0.15, -0.1) is 0 Å². The molecule has 0 aliphatic heterocycles. The summed E-state index contributed by atoms with van der Waals surface area (Å²) < 4.78 is 0. The van der Waals surface area contributed by atoms with Crippen LogP contribution in [0.25, 0.3) is 0 Å². The zero-order chi connectivity index (χ0) is 10.8. The van der Waals surface area contributed by atoms with Crippen molar-refractivity contribution >= 4 is 18.7 Å². The van der Waals surface area contributed by atoms with E-state index in [2.05, 4.69) is 20.0 Å². The fourth-order valence-electron chi connectivity index (χ4n) is 1.19. The van der Waals surface area contributed by atoms with Crippen molar-refractivity contribution in [2.24, 2.45) is 0 Å². The normalized spacial score (nSPS) is 10.6. The van der Waals surface area contributed by atoms with Crippen molar-refractivity contribution in [1.29, 1.82) is 0 Å². The lowest BCUT2D eigenvalue weighted by Crippen LogP contribution is -3.00. The highest BCUT2D eigenvalue weighted by Crippen LogP contribution is 2.46. The van der Waals surface area contributed by atoms with Gasteiger partial charge < -0.3 is 22.7 Å². The van der Waals surface area contributed by atoms with Gasteiger partial charge in [0.1, 0.15) is 6.16 Å². The fourth-order valence-corrected chi connectivity index (χ4v) is 2.24. The average molecular weight is 290 g/mol. The van der Waals surface area contributed by atoms with Gasteiger partial charge in [-0.25, -0.2) is 0 Å². The van der Waals surface area contributed by atoms with Crippen LogP contribution in [0.1, 0.15) is 10.4 Å². The Kier molecular flexibility index (Phi) is 5.47. The van der Waals surface area contributed by atoms with Crippen LogP contribution >= 0.6 is 7.26 Å². The predicted molar refractivity (Wildman–Crippen MR) is 64.7 cm³/mol. The first-order valence-corrected chi connectivity index (χ1v) is 7.89. The molecular weight excluding hydrogens is 273 g/mol. The summed E-state index contributed by atoms with van der Waals surface area (Å²) in [5.41, 5.74) is 7.02. The highest BCUT2D eigenvalue weighted by atomic mass is 79.9. The summed E-state index contributed by atoms with van der Waals surface area (Å²) in [5, 5.41) is 0. The molecule has 2 N–H and O–H groups in total. The van der Waals surface area contributed by atoms with Crippen LogP contribution in [-0.4, -0.2) is 31.9 Å². The number of ketones is 1. The number of rotatable bonds is 3. The number of carbonyl (C=O) groups excluding carboxylic acids is 1. The lowest BCUT2D eigenvalue weighted by atomic mass is 10.1. The summed E-state index contributed by atoms with van der Waals surface area (Å²) in [6.45, 7) is 6.51. The highest BCUT2D eigenvalue weighted by Gasteiger charge is 2.22. The average Bonchev–Trinajstić information content (AvgIpc) is 2.02. The zero-order valence-electron chi connectivity index (χ0n) is 9.33. The van der Waals surface area contributed by atoms with Gasteiger partial charge in [0.2, 0.25) is 0 Å². The lowest BCUT2D eigenvalue weighted by Gasteiger charge is -2.10. The Morgan fingerprint density at radius 2 is 1.67 bits per heavy atom. The maximum absolute atomic E-state index is 11.8. The number of hydrogen-bond acceptors (Lipinski definition) is 2. The standard InChI is InChI=1S/C11H16NOP.BrH/c1-14(2,3)8-11(13)9-4-6-10(12)7-5-9;/h4-7H,8H2,1-3H3,(H-,12,13);1H. The van der Waals surface area contributed by atoms with Crippen molar-refractivity contribution < 1.29 is 21.8 Å². The Morgan fingerprint density at radius 3 is 2.07 bits per heavy atom. The van der Waals surface area contributed by atoms with E-state index < -0.39 is 7.26 Å². The van der Waals surface area contributed by atoms with Crippen LogP contribution in [0.15, 0.2) is 24.3 Å². The quantitative estimate of drug-likeness (QED) is 0.457. The number of hydrogen-bond donors (Lipinski definition) is 1. The van der Waals surface area contributed by atoms with Crippen LogP contribution in [-0.2, 0) is 0 Å². The van der Waals surface area contributed by atoms with Crippen LogP contribution in [0, 0.1) is 0 Å². The van der Waals surface area contributed by atoms with Crippen molar-refractivity contribution in [3.63, 3.8) is 0 Å². The summed E-state index contributed by atoms with van der Waals surface area (Å²) in [4.78, 5) is 11.8. The Bertz CT molecular complexity index is 329. The molecule has 0 spiro atoms. The van der Waals surface area contributed by atoms with Gasteiger partial charge in [0, 0.05) is 38.5 Å². The van der Waals surface area contributed by atoms with Crippen LogP contribution in [0.2, 0.25) is 0 Å². The second-order valence-electron chi connectivity index (χ2n) is 4.49. The number of Topliss-reactive ketones (excluding diaryl/α,β-unsaturated/α-hetero) is 1. The summed E-state index contributed by atoms with van der Waals surface area (Å²) in [6, 6.07) is 7.14. The number of benzene rings is 1. The molecule has 0 aliphatic rings. The molecule has 0 aliphatic carbocycles. The van der Waals surface area contributed by atoms with E-state index in [4.69, 9.17) is 5.73 Å². The van der Waals surface area contributed by atoms with E-state index in [1.807, 2.05) is 0 Å². The molecule has 0 radical (unpaired) electrons. The zero-order valence-corrected chi connectivity index (χ0v) is 11.8. The third kappa shape index (κ3) is 5.29. The summed E-state index contributed by atoms with van der Waals surface area (Å²) in [7, 11) is -1.03. The van der Waals surface area contributed by atoms with Gasteiger partial charge in [-0.3, -0.25) is 4.79 Å². The SMILES string of the molecule is C[P+](C)(C)CC(=O)c1ccc(N)cc1.[Br-]. The maximum Gasteiger partial charge on any atom is 0.199 e. The van der Waals surface area contributed by atoms with Crippen LogP contribution in [0.3, 0.4) is 0 Å². The molecule has 1 aromatic carbocycles. The van der Waals surface area contributed by atoms with Crippen molar-refractivity contribution in [3.8, 4) is 0 Å². The van der Waals surface area contributed by atoms with E-state index >= 15 is 0 Å². The molecule has 0 unspecified atom stereocenters. The molecule has 1 aromatic rings. The first kappa shape index (κ1) is 14.6. The highest BCUT2D eigenvalue weighted by molar-refractivity contribution is 7.74. The molecule has 15 heavy (non-hydrogen) atoms. The lowest BCUT2D eigenvalue weighted by molar-refractivity contribution is -0.0000112.